The summed E-state index contributed by atoms with van der Waals surface area (Å²) in [7, 11) is -1.96. The smallest absolute Gasteiger partial charge is 0.307 e. The Labute approximate surface area is 105 Å². The topological polar surface area (TPSA) is 92.5 Å². The van der Waals surface area contributed by atoms with Gasteiger partial charge in [0.25, 0.3) is 10.0 Å². The predicted molar refractivity (Wildman–Crippen MR) is 62.4 cm³/mol. The quantitative estimate of drug-likeness (QED) is 0.825. The SMILES string of the molecule is Cc1nc(S(=O)(=O)N2CCC(C(=O)O)C2)cn1C. The number of rotatable bonds is 3. The zero-order chi connectivity index (χ0) is 13.5. The number of aliphatic carboxylic acids is 1. The van der Waals surface area contributed by atoms with E-state index in [2.05, 4.69) is 4.98 Å². The van der Waals surface area contributed by atoms with Crippen molar-refractivity contribution in [3.05, 3.63) is 12.0 Å². The Morgan fingerprint density at radius 3 is 2.67 bits per heavy atom. The lowest BCUT2D eigenvalue weighted by atomic mass is 10.1. The zero-order valence-corrected chi connectivity index (χ0v) is 11.0. The molecule has 1 unspecified atom stereocenters. The number of aromatic nitrogens is 2. The van der Waals surface area contributed by atoms with E-state index in [1.165, 1.54) is 10.5 Å². The fraction of sp³-hybridized carbons (Fsp3) is 0.600. The monoisotopic (exact) mass is 273 g/mol. The van der Waals surface area contributed by atoms with Crippen LogP contribution in [0.1, 0.15) is 12.2 Å². The van der Waals surface area contributed by atoms with Crippen LogP contribution < -0.4 is 0 Å². The zero-order valence-electron chi connectivity index (χ0n) is 10.2. The van der Waals surface area contributed by atoms with E-state index in [-0.39, 0.29) is 18.1 Å². The molecule has 2 heterocycles. The number of aryl methyl sites for hydroxylation is 2. The molecule has 0 aromatic carbocycles. The molecule has 0 radical (unpaired) electrons. The van der Waals surface area contributed by atoms with Gasteiger partial charge in [0.15, 0.2) is 5.03 Å². The second-order valence-electron chi connectivity index (χ2n) is 4.42. The van der Waals surface area contributed by atoms with E-state index in [1.807, 2.05) is 0 Å². The second kappa shape index (κ2) is 4.36. The molecule has 1 aliphatic heterocycles. The average molecular weight is 273 g/mol. The highest BCUT2D eigenvalue weighted by molar-refractivity contribution is 7.89. The van der Waals surface area contributed by atoms with Gasteiger partial charge in [0.1, 0.15) is 5.82 Å². The van der Waals surface area contributed by atoms with E-state index < -0.39 is 21.9 Å². The number of carboxylic acid groups (broad SMARTS) is 1. The van der Waals surface area contributed by atoms with E-state index in [9.17, 15) is 13.2 Å². The van der Waals surface area contributed by atoms with Gasteiger partial charge in [-0.3, -0.25) is 4.79 Å². The van der Waals surface area contributed by atoms with E-state index in [1.54, 1.807) is 18.5 Å². The van der Waals surface area contributed by atoms with Crippen LogP contribution in [0.4, 0.5) is 0 Å². The first-order valence-electron chi connectivity index (χ1n) is 5.55. The number of sulfonamides is 1. The normalized spacial score (nSPS) is 21.3. The van der Waals surface area contributed by atoms with Crippen molar-refractivity contribution in [2.24, 2.45) is 13.0 Å². The fourth-order valence-corrected chi connectivity index (χ4v) is 3.46. The van der Waals surface area contributed by atoms with Crippen molar-refractivity contribution in [3.63, 3.8) is 0 Å². The molecule has 2 rings (SSSR count). The minimum atomic E-state index is -3.67. The van der Waals surface area contributed by atoms with E-state index in [0.717, 1.165) is 0 Å². The Hall–Kier alpha value is -1.41. The molecule has 0 saturated carbocycles. The van der Waals surface area contributed by atoms with Gasteiger partial charge in [-0.1, -0.05) is 0 Å². The third-order valence-corrected chi connectivity index (χ3v) is 4.93. The largest absolute Gasteiger partial charge is 0.481 e. The van der Waals surface area contributed by atoms with Gasteiger partial charge in [-0.2, -0.15) is 4.31 Å². The van der Waals surface area contributed by atoms with Crippen LogP contribution in [-0.2, 0) is 21.9 Å². The summed E-state index contributed by atoms with van der Waals surface area (Å²) in [4.78, 5) is 14.8. The molecule has 1 aliphatic rings. The molecule has 0 amide bonds. The molecule has 0 bridgehead atoms. The number of nitrogens with zero attached hydrogens (tertiary/aromatic N) is 3. The molecular weight excluding hydrogens is 258 g/mol. The van der Waals surface area contributed by atoms with Gasteiger partial charge in [0, 0.05) is 26.3 Å². The van der Waals surface area contributed by atoms with Crippen molar-refractivity contribution in [1.29, 1.82) is 0 Å². The highest BCUT2D eigenvalue weighted by Crippen LogP contribution is 2.23. The predicted octanol–water partition coefficient (Wildman–Crippen LogP) is -0.176. The van der Waals surface area contributed by atoms with Crippen molar-refractivity contribution in [3.8, 4) is 0 Å². The lowest BCUT2D eigenvalue weighted by Crippen LogP contribution is -2.30. The summed E-state index contributed by atoms with van der Waals surface area (Å²) in [5.74, 6) is -0.975. The molecule has 1 aromatic heterocycles. The molecular formula is C10H15N3O4S. The summed E-state index contributed by atoms with van der Waals surface area (Å²) < 4.78 is 27.3. The van der Waals surface area contributed by atoms with Crippen molar-refractivity contribution in [1.82, 2.24) is 13.9 Å². The van der Waals surface area contributed by atoms with E-state index in [4.69, 9.17) is 5.11 Å². The lowest BCUT2D eigenvalue weighted by molar-refractivity contribution is -0.141. The van der Waals surface area contributed by atoms with E-state index >= 15 is 0 Å². The second-order valence-corrected chi connectivity index (χ2v) is 6.31. The molecule has 7 nitrogen and oxygen atoms in total. The van der Waals surface area contributed by atoms with Gasteiger partial charge in [0.05, 0.1) is 5.92 Å². The van der Waals surface area contributed by atoms with Gasteiger partial charge >= 0.3 is 5.97 Å². The minimum absolute atomic E-state index is 0.0199. The average Bonchev–Trinajstić information content (AvgIpc) is 2.87. The number of imidazole rings is 1. The number of carbonyl (C=O) groups is 1. The maximum atomic E-state index is 12.2. The molecule has 1 fully saturated rings. The summed E-state index contributed by atoms with van der Waals surface area (Å²) in [6.07, 6.45) is 1.79. The number of hydrogen-bond acceptors (Lipinski definition) is 4. The lowest BCUT2D eigenvalue weighted by Gasteiger charge is -2.13. The maximum absolute atomic E-state index is 12.2. The number of hydrogen-bond donors (Lipinski definition) is 1. The third-order valence-electron chi connectivity index (χ3n) is 3.19. The van der Waals surface area contributed by atoms with Gasteiger partial charge in [-0.15, -0.1) is 0 Å². The van der Waals surface area contributed by atoms with Crippen molar-refractivity contribution >= 4 is 16.0 Å². The maximum Gasteiger partial charge on any atom is 0.307 e. The van der Waals surface area contributed by atoms with Crippen LogP contribution in [0.15, 0.2) is 11.2 Å². The molecule has 100 valence electrons. The van der Waals surface area contributed by atoms with Crippen molar-refractivity contribution in [2.45, 2.75) is 18.4 Å². The fourth-order valence-electron chi connectivity index (χ4n) is 1.93. The summed E-state index contributed by atoms with van der Waals surface area (Å²) >= 11 is 0. The molecule has 1 N–H and O–H groups in total. The molecule has 8 heteroatoms. The van der Waals surface area contributed by atoms with Crippen LogP contribution in [-0.4, -0.2) is 46.4 Å². The minimum Gasteiger partial charge on any atom is -0.481 e. The highest BCUT2D eigenvalue weighted by Gasteiger charge is 2.36. The van der Waals surface area contributed by atoms with Crippen LogP contribution >= 0.6 is 0 Å². The van der Waals surface area contributed by atoms with Crippen LogP contribution in [0.25, 0.3) is 0 Å². The van der Waals surface area contributed by atoms with Crippen LogP contribution in [0, 0.1) is 12.8 Å². The van der Waals surface area contributed by atoms with Crippen molar-refractivity contribution in [2.75, 3.05) is 13.1 Å². The Balaban J connectivity index is 2.25. The van der Waals surface area contributed by atoms with Crippen LogP contribution in [0.3, 0.4) is 0 Å². The first-order valence-corrected chi connectivity index (χ1v) is 6.99. The highest BCUT2D eigenvalue weighted by atomic mass is 32.2. The van der Waals surface area contributed by atoms with Gasteiger partial charge < -0.3 is 9.67 Å². The van der Waals surface area contributed by atoms with Gasteiger partial charge in [-0.25, -0.2) is 13.4 Å². The molecule has 0 spiro atoms. The molecule has 1 saturated heterocycles. The first kappa shape index (κ1) is 13.0. The summed E-state index contributed by atoms with van der Waals surface area (Å²) in [5, 5.41) is 8.85. The number of carboxylic acids is 1. The Kier molecular flexibility index (Phi) is 3.16. The van der Waals surface area contributed by atoms with Gasteiger partial charge in [0.2, 0.25) is 0 Å². The first-order chi connectivity index (χ1) is 8.32. The Morgan fingerprint density at radius 1 is 1.56 bits per heavy atom. The summed E-state index contributed by atoms with van der Waals surface area (Å²) in [6, 6.07) is 0. The summed E-state index contributed by atoms with van der Waals surface area (Å²) in [6.45, 7) is 1.96. The van der Waals surface area contributed by atoms with E-state index in [0.29, 0.717) is 12.2 Å². The molecule has 1 atom stereocenters. The third kappa shape index (κ3) is 2.13. The van der Waals surface area contributed by atoms with Crippen LogP contribution in [0.5, 0.6) is 0 Å². The molecule has 18 heavy (non-hydrogen) atoms. The Morgan fingerprint density at radius 2 is 2.22 bits per heavy atom. The van der Waals surface area contributed by atoms with Gasteiger partial charge in [-0.05, 0) is 13.3 Å². The van der Waals surface area contributed by atoms with Crippen LogP contribution in [0.2, 0.25) is 0 Å². The van der Waals surface area contributed by atoms with Crippen molar-refractivity contribution < 1.29 is 18.3 Å². The summed E-state index contributed by atoms with van der Waals surface area (Å²) in [5.41, 5.74) is 0. The standard InChI is InChI=1S/C10H15N3O4S/c1-7-11-9(6-12(7)2)18(16,17)13-4-3-8(5-13)10(14)15/h6,8H,3-5H2,1-2H3,(H,14,15). The molecule has 0 aliphatic carbocycles. The molecule has 1 aromatic rings. The Bertz CT molecular complexity index is 558.